The van der Waals surface area contributed by atoms with Gasteiger partial charge in [-0.1, -0.05) is 0 Å². The van der Waals surface area contributed by atoms with E-state index < -0.39 is 7.11 Å². The van der Waals surface area contributed by atoms with Gasteiger partial charge in [0.15, 0.2) is 0 Å². The van der Waals surface area contributed by atoms with Crippen molar-refractivity contribution in [2.24, 2.45) is 0 Å². The van der Waals surface area contributed by atoms with Gasteiger partial charge in [-0.2, -0.15) is 0 Å². The van der Waals surface area contributed by atoms with Crippen LogP contribution >= 0.6 is 0 Å². The zero-order chi connectivity index (χ0) is 4.50. The van der Waals surface area contributed by atoms with Gasteiger partial charge < -0.3 is 18.7 Å². The van der Waals surface area contributed by atoms with Crippen molar-refractivity contribution in [2.75, 3.05) is 0 Å². The Morgan fingerprint density at radius 1 is 1.17 bits per heavy atom. The minimum Gasteiger partial charge on any atom is -0.526 e. The summed E-state index contributed by atoms with van der Waals surface area (Å²) in [6.45, 7) is 0. The molecular formula is H2BF2KO2. The second kappa shape index (κ2) is 3.48. The topological polar surface area (TPSA) is 40.5 Å². The number of hydrogen-bond donors (Lipinski definition) is 2. The molecule has 0 unspecified atom stereocenters. The van der Waals surface area contributed by atoms with Crippen molar-refractivity contribution in [3.63, 3.8) is 0 Å². The number of rotatable bonds is 0. The predicted octanol–water partition coefficient (Wildman–Crippen LogP) is -3.65. The molecule has 0 rings (SSSR count). The van der Waals surface area contributed by atoms with Crippen LogP contribution in [0, 0.1) is 0 Å². The van der Waals surface area contributed by atoms with E-state index in [1.165, 1.54) is 0 Å². The van der Waals surface area contributed by atoms with Crippen LogP contribution in [0.5, 0.6) is 0 Å². The zero-order valence-corrected chi connectivity index (χ0v) is 6.35. The Hall–Kier alpha value is 1.48. The van der Waals surface area contributed by atoms with Crippen LogP contribution in [0.2, 0.25) is 0 Å². The summed E-state index contributed by atoms with van der Waals surface area (Å²) in [5.74, 6) is 0. The molecular weight excluding hydrogens is 120 g/mol. The smallest absolute Gasteiger partial charge is 0.526 e. The average Bonchev–Trinajstić information content (AvgIpc) is 0.722. The summed E-state index contributed by atoms with van der Waals surface area (Å²) in [5.41, 5.74) is 0. The van der Waals surface area contributed by atoms with E-state index >= 15 is 0 Å². The molecule has 0 atom stereocenters. The van der Waals surface area contributed by atoms with Crippen molar-refractivity contribution >= 4 is 7.11 Å². The van der Waals surface area contributed by atoms with Crippen molar-refractivity contribution in [1.82, 2.24) is 0 Å². The van der Waals surface area contributed by atoms with Gasteiger partial charge in [0, 0.05) is 0 Å². The van der Waals surface area contributed by atoms with Gasteiger partial charge in [-0.25, -0.2) is 0 Å². The normalized spacial score (nSPS) is 10.0. The maximum Gasteiger partial charge on any atom is 1.00 e. The van der Waals surface area contributed by atoms with Crippen LogP contribution in [0.25, 0.3) is 0 Å². The van der Waals surface area contributed by atoms with Gasteiger partial charge in [-0.3, -0.25) is 0 Å². The molecule has 0 radical (unpaired) electrons. The first kappa shape index (κ1) is 10.5. The molecule has 0 saturated carbocycles. The molecule has 0 saturated heterocycles. The Morgan fingerprint density at radius 3 is 1.17 bits per heavy atom. The fourth-order valence-corrected chi connectivity index (χ4v) is 0. The molecule has 0 aromatic carbocycles. The van der Waals surface area contributed by atoms with Crippen molar-refractivity contribution in [1.29, 1.82) is 0 Å². The number of hydrogen-bond acceptors (Lipinski definition) is 2. The molecule has 0 amide bonds. The van der Waals surface area contributed by atoms with E-state index in [4.69, 9.17) is 10.0 Å². The number of halogens is 2. The zero-order valence-electron chi connectivity index (χ0n) is 3.23. The van der Waals surface area contributed by atoms with E-state index in [-0.39, 0.29) is 51.4 Å². The van der Waals surface area contributed by atoms with Crippen LogP contribution in [-0.2, 0) is 0 Å². The maximum atomic E-state index is 10.2. The Balaban J connectivity index is 0. The minimum absolute atomic E-state index is 0. The quantitative estimate of drug-likeness (QED) is 0.325. The third-order valence-electron chi connectivity index (χ3n) is 0. The third kappa shape index (κ3) is 50.2. The van der Waals surface area contributed by atoms with Crippen LogP contribution in [0.3, 0.4) is 0 Å². The summed E-state index contributed by atoms with van der Waals surface area (Å²) in [7, 11) is -5.00. The fraction of sp³-hybridized carbons (Fsp3) is 0. The molecule has 0 aliphatic carbocycles. The van der Waals surface area contributed by atoms with Crippen LogP contribution in [0.4, 0.5) is 8.63 Å². The van der Waals surface area contributed by atoms with Crippen LogP contribution in [-0.4, -0.2) is 17.2 Å². The fourth-order valence-electron chi connectivity index (χ4n) is 0. The minimum atomic E-state index is -5.00. The van der Waals surface area contributed by atoms with Gasteiger partial charge in [-0.05, 0) is 0 Å². The summed E-state index contributed by atoms with van der Waals surface area (Å²) >= 11 is 0. The molecule has 0 fully saturated rings. The third-order valence-corrected chi connectivity index (χ3v) is 0. The molecule has 6 heavy (non-hydrogen) atoms. The van der Waals surface area contributed by atoms with Crippen molar-refractivity contribution < 1.29 is 70.1 Å². The van der Waals surface area contributed by atoms with Gasteiger partial charge >= 0.3 is 58.5 Å². The van der Waals surface area contributed by atoms with Crippen molar-refractivity contribution in [3.8, 4) is 0 Å². The molecule has 0 aromatic rings. The first-order valence-electron chi connectivity index (χ1n) is 0.953. The van der Waals surface area contributed by atoms with E-state index in [9.17, 15) is 8.63 Å². The van der Waals surface area contributed by atoms with Gasteiger partial charge in [0.05, 0.1) is 0 Å². The summed E-state index contributed by atoms with van der Waals surface area (Å²) in [5, 5.41) is 13.6. The average molecular weight is 122 g/mol. The van der Waals surface area contributed by atoms with Crippen molar-refractivity contribution in [2.45, 2.75) is 0 Å². The van der Waals surface area contributed by atoms with Crippen LogP contribution in [0.1, 0.15) is 0 Å². The second-order valence-corrected chi connectivity index (χ2v) is 0.588. The second-order valence-electron chi connectivity index (χ2n) is 0.588. The van der Waals surface area contributed by atoms with E-state index in [2.05, 4.69) is 0 Å². The molecule has 0 aromatic heterocycles. The van der Waals surface area contributed by atoms with Crippen molar-refractivity contribution in [3.05, 3.63) is 0 Å². The monoisotopic (exact) mass is 122 g/mol. The van der Waals surface area contributed by atoms with Gasteiger partial charge in [-0.15, -0.1) is 0 Å². The van der Waals surface area contributed by atoms with Gasteiger partial charge in [0.25, 0.3) is 0 Å². The molecule has 2 N–H and O–H groups in total. The molecule has 2 nitrogen and oxygen atoms in total. The maximum absolute atomic E-state index is 10.2. The molecule has 0 spiro atoms. The molecule has 6 heteroatoms. The predicted molar refractivity (Wildman–Crippen MR) is 12.4 cm³/mol. The first-order chi connectivity index (χ1) is 2.00. The molecule has 0 aliphatic rings. The van der Waals surface area contributed by atoms with Crippen LogP contribution in [0.15, 0.2) is 0 Å². The van der Waals surface area contributed by atoms with Gasteiger partial charge in [0.1, 0.15) is 0 Å². The summed E-state index contributed by atoms with van der Waals surface area (Å²) in [6, 6.07) is 0. The standard InChI is InChI=1S/BF2H2O2.K/c2-1(3,4)5;/h4-5H;/q-1;+1. The Bertz CT molecular complexity index is 27.0. The SMILES string of the molecule is O[B-](O)(F)F.[K+]. The van der Waals surface area contributed by atoms with E-state index in [1.54, 1.807) is 0 Å². The Labute approximate surface area is 76.0 Å². The summed E-state index contributed by atoms with van der Waals surface area (Å²) in [4.78, 5) is 0. The van der Waals surface area contributed by atoms with E-state index in [0.29, 0.717) is 0 Å². The van der Waals surface area contributed by atoms with Gasteiger partial charge in [0.2, 0.25) is 0 Å². The first-order valence-corrected chi connectivity index (χ1v) is 0.953. The Kier molecular flexibility index (Phi) is 6.07. The van der Waals surface area contributed by atoms with E-state index in [0.717, 1.165) is 0 Å². The molecule has 0 heterocycles. The summed E-state index contributed by atoms with van der Waals surface area (Å²) < 4.78 is 20.4. The van der Waals surface area contributed by atoms with Crippen LogP contribution < -0.4 is 51.4 Å². The molecule has 0 bridgehead atoms. The largest absolute Gasteiger partial charge is 1.00 e. The molecule has 0 aliphatic heterocycles. The molecule has 32 valence electrons. The summed E-state index contributed by atoms with van der Waals surface area (Å²) in [6.07, 6.45) is 0. The van der Waals surface area contributed by atoms with E-state index in [1.807, 2.05) is 0 Å². The Morgan fingerprint density at radius 2 is 1.17 bits per heavy atom.